The number of nitrogens with one attached hydrogen (secondary N) is 1. The van der Waals surface area contributed by atoms with Crippen molar-refractivity contribution >= 4 is 5.69 Å². The van der Waals surface area contributed by atoms with Crippen LogP contribution < -0.4 is 10.2 Å². The fraction of sp³-hybridized carbons (Fsp3) is 0.684. The van der Waals surface area contributed by atoms with E-state index >= 15 is 0 Å². The first kappa shape index (κ1) is 14.9. The predicted molar refractivity (Wildman–Crippen MR) is 91.0 cm³/mol. The number of aryl methyl sites for hydroxylation is 1. The van der Waals surface area contributed by atoms with Crippen LogP contribution in [0.4, 0.5) is 5.69 Å². The van der Waals surface area contributed by atoms with Crippen molar-refractivity contribution < 1.29 is 0 Å². The van der Waals surface area contributed by atoms with Gasteiger partial charge in [-0.15, -0.1) is 0 Å². The molecular formula is C19H30N2. The van der Waals surface area contributed by atoms with Gasteiger partial charge in [0.25, 0.3) is 0 Å². The molecule has 2 nitrogen and oxygen atoms in total. The molecule has 2 fully saturated rings. The zero-order valence-electron chi connectivity index (χ0n) is 13.6. The summed E-state index contributed by atoms with van der Waals surface area (Å²) in [6.45, 7) is 3.35. The summed E-state index contributed by atoms with van der Waals surface area (Å²) in [4.78, 5) is 2.42. The van der Waals surface area contributed by atoms with Crippen LogP contribution in [0, 0.1) is 5.92 Å². The number of benzene rings is 1. The van der Waals surface area contributed by atoms with Crippen molar-refractivity contribution in [2.24, 2.45) is 5.92 Å². The first-order valence-electron chi connectivity index (χ1n) is 8.82. The standard InChI is InChI=1S/C19H30N2/c1-3-15-8-12-18(13-9-15)21(2)14-17-11-10-16-6-4-5-7-19(16)20-17/h8-9,12-13,16-17,19-20H,3-7,10-11,14H2,1-2H3. The number of nitrogens with zero attached hydrogens (tertiary/aromatic N) is 1. The normalized spacial score (nSPS) is 29.0. The van der Waals surface area contributed by atoms with Gasteiger partial charge in [0, 0.05) is 31.4 Å². The van der Waals surface area contributed by atoms with Gasteiger partial charge in [-0.25, -0.2) is 0 Å². The zero-order valence-corrected chi connectivity index (χ0v) is 13.6. The minimum Gasteiger partial charge on any atom is -0.373 e. The van der Waals surface area contributed by atoms with Crippen molar-refractivity contribution in [2.45, 2.75) is 64.0 Å². The van der Waals surface area contributed by atoms with Gasteiger partial charge in [0.15, 0.2) is 0 Å². The maximum absolute atomic E-state index is 3.94. The number of rotatable bonds is 4. The SMILES string of the molecule is CCc1ccc(N(C)CC2CCC3CCCCC3N2)cc1. The largest absolute Gasteiger partial charge is 0.373 e. The van der Waals surface area contributed by atoms with Crippen LogP contribution in [0.1, 0.15) is 51.0 Å². The lowest BCUT2D eigenvalue weighted by molar-refractivity contribution is 0.178. The van der Waals surface area contributed by atoms with E-state index in [1.54, 1.807) is 0 Å². The fourth-order valence-corrected chi connectivity index (χ4v) is 4.14. The molecule has 0 aromatic heterocycles. The Balaban J connectivity index is 1.55. The highest BCUT2D eigenvalue weighted by Gasteiger charge is 2.31. The fourth-order valence-electron chi connectivity index (χ4n) is 4.14. The summed E-state index contributed by atoms with van der Waals surface area (Å²) in [5, 5.41) is 3.94. The molecule has 3 unspecified atom stereocenters. The van der Waals surface area contributed by atoms with E-state index in [0.717, 1.165) is 24.9 Å². The Labute approximate surface area is 129 Å². The molecule has 116 valence electrons. The van der Waals surface area contributed by atoms with Crippen LogP contribution in [0.3, 0.4) is 0 Å². The second-order valence-corrected chi connectivity index (χ2v) is 6.99. The number of hydrogen-bond donors (Lipinski definition) is 1. The molecule has 1 saturated carbocycles. The molecule has 2 aliphatic rings. The van der Waals surface area contributed by atoms with Gasteiger partial charge in [0.1, 0.15) is 0 Å². The third kappa shape index (κ3) is 3.60. The van der Waals surface area contributed by atoms with Gasteiger partial charge in [-0.1, -0.05) is 31.9 Å². The average molecular weight is 286 g/mol. The molecule has 0 radical (unpaired) electrons. The van der Waals surface area contributed by atoms with Crippen LogP contribution >= 0.6 is 0 Å². The number of anilines is 1. The third-order valence-corrected chi connectivity index (χ3v) is 5.52. The molecule has 1 aliphatic carbocycles. The highest BCUT2D eigenvalue weighted by molar-refractivity contribution is 5.47. The van der Waals surface area contributed by atoms with Crippen LogP contribution in [0.25, 0.3) is 0 Å². The number of hydrogen-bond acceptors (Lipinski definition) is 2. The van der Waals surface area contributed by atoms with Crippen molar-refractivity contribution in [3.8, 4) is 0 Å². The Morgan fingerprint density at radius 1 is 1.05 bits per heavy atom. The van der Waals surface area contributed by atoms with Gasteiger partial charge in [-0.3, -0.25) is 0 Å². The van der Waals surface area contributed by atoms with Crippen LogP contribution in [-0.4, -0.2) is 25.7 Å². The number of likely N-dealkylation sites (N-methyl/N-ethyl adjacent to an activating group) is 1. The molecule has 0 amide bonds. The van der Waals surface area contributed by atoms with Gasteiger partial charge in [-0.2, -0.15) is 0 Å². The van der Waals surface area contributed by atoms with Crippen LogP contribution in [0.5, 0.6) is 0 Å². The summed E-state index contributed by atoms with van der Waals surface area (Å²) in [6.07, 6.45) is 9.64. The summed E-state index contributed by atoms with van der Waals surface area (Å²) >= 11 is 0. The minimum absolute atomic E-state index is 0.667. The van der Waals surface area contributed by atoms with E-state index in [1.165, 1.54) is 49.8 Å². The second kappa shape index (κ2) is 6.83. The van der Waals surface area contributed by atoms with Crippen LogP contribution in [-0.2, 0) is 6.42 Å². The van der Waals surface area contributed by atoms with Gasteiger partial charge in [0.05, 0.1) is 0 Å². The molecule has 1 aromatic carbocycles. The second-order valence-electron chi connectivity index (χ2n) is 6.99. The lowest BCUT2D eigenvalue weighted by Gasteiger charge is -2.41. The maximum Gasteiger partial charge on any atom is 0.0364 e. The molecule has 1 aromatic rings. The van der Waals surface area contributed by atoms with Crippen molar-refractivity contribution in [2.75, 3.05) is 18.5 Å². The van der Waals surface area contributed by atoms with E-state index in [4.69, 9.17) is 0 Å². The average Bonchev–Trinajstić information content (AvgIpc) is 2.55. The molecular weight excluding hydrogens is 256 g/mol. The van der Waals surface area contributed by atoms with Crippen molar-refractivity contribution in [1.82, 2.24) is 5.32 Å². The first-order chi connectivity index (χ1) is 10.3. The molecule has 1 N–H and O–H groups in total. The molecule has 21 heavy (non-hydrogen) atoms. The Morgan fingerprint density at radius 3 is 2.57 bits per heavy atom. The molecule has 0 bridgehead atoms. The lowest BCUT2D eigenvalue weighted by Crippen LogP contribution is -2.52. The monoisotopic (exact) mass is 286 g/mol. The summed E-state index contributed by atoms with van der Waals surface area (Å²) < 4.78 is 0. The third-order valence-electron chi connectivity index (χ3n) is 5.52. The molecule has 0 spiro atoms. The Morgan fingerprint density at radius 2 is 1.81 bits per heavy atom. The van der Waals surface area contributed by atoms with Gasteiger partial charge < -0.3 is 10.2 Å². The smallest absolute Gasteiger partial charge is 0.0364 e. The molecule has 1 heterocycles. The van der Waals surface area contributed by atoms with E-state index in [1.807, 2.05) is 0 Å². The summed E-state index contributed by atoms with van der Waals surface area (Å²) in [5.74, 6) is 0.962. The van der Waals surface area contributed by atoms with E-state index in [-0.39, 0.29) is 0 Å². The summed E-state index contributed by atoms with van der Waals surface area (Å²) in [5.41, 5.74) is 2.77. The predicted octanol–water partition coefficient (Wildman–Crippen LogP) is 4.00. The minimum atomic E-state index is 0.667. The highest BCUT2D eigenvalue weighted by atomic mass is 15.1. The van der Waals surface area contributed by atoms with E-state index < -0.39 is 0 Å². The van der Waals surface area contributed by atoms with E-state index in [2.05, 4.69) is 48.5 Å². The molecule has 1 aliphatic heterocycles. The quantitative estimate of drug-likeness (QED) is 0.900. The van der Waals surface area contributed by atoms with Crippen molar-refractivity contribution in [3.63, 3.8) is 0 Å². The Hall–Kier alpha value is -1.02. The summed E-state index contributed by atoms with van der Waals surface area (Å²) in [6, 6.07) is 10.5. The Kier molecular flexibility index (Phi) is 4.84. The number of piperidine rings is 1. The van der Waals surface area contributed by atoms with Crippen LogP contribution in [0.15, 0.2) is 24.3 Å². The van der Waals surface area contributed by atoms with Gasteiger partial charge in [-0.05, 0) is 55.7 Å². The molecule has 3 atom stereocenters. The topological polar surface area (TPSA) is 15.3 Å². The molecule has 2 heteroatoms. The molecule has 1 saturated heterocycles. The number of fused-ring (bicyclic) bond motifs is 1. The molecule has 3 rings (SSSR count). The maximum atomic E-state index is 3.94. The first-order valence-corrected chi connectivity index (χ1v) is 8.82. The van der Waals surface area contributed by atoms with E-state index in [9.17, 15) is 0 Å². The highest BCUT2D eigenvalue weighted by Crippen LogP contribution is 2.32. The zero-order chi connectivity index (χ0) is 14.7. The lowest BCUT2D eigenvalue weighted by atomic mass is 9.78. The Bertz CT molecular complexity index is 439. The van der Waals surface area contributed by atoms with Crippen LogP contribution in [0.2, 0.25) is 0 Å². The van der Waals surface area contributed by atoms with E-state index in [0.29, 0.717) is 6.04 Å². The van der Waals surface area contributed by atoms with Gasteiger partial charge in [0.2, 0.25) is 0 Å². The van der Waals surface area contributed by atoms with Gasteiger partial charge >= 0.3 is 0 Å². The summed E-state index contributed by atoms with van der Waals surface area (Å²) in [7, 11) is 2.23. The van der Waals surface area contributed by atoms with Crippen molar-refractivity contribution in [3.05, 3.63) is 29.8 Å². The van der Waals surface area contributed by atoms with Crippen molar-refractivity contribution in [1.29, 1.82) is 0 Å².